The Morgan fingerprint density at radius 2 is 1.67 bits per heavy atom. The third-order valence-electron chi connectivity index (χ3n) is 4.37. The molecular formula is C21H24N6O5S. The minimum Gasteiger partial charge on any atom is -0.497 e. The summed E-state index contributed by atoms with van der Waals surface area (Å²) in [6.45, 7) is 0. The number of nitrogens with zero attached hydrogens (tertiary/aromatic N) is 2. The Balaban J connectivity index is 1.93. The summed E-state index contributed by atoms with van der Waals surface area (Å²) in [5.74, 6) is 0.462. The van der Waals surface area contributed by atoms with Crippen molar-refractivity contribution in [3.63, 3.8) is 0 Å². The molecule has 1 amide bonds. The maximum absolute atomic E-state index is 11.9. The second kappa shape index (κ2) is 10.0. The van der Waals surface area contributed by atoms with Gasteiger partial charge in [-0.15, -0.1) is 0 Å². The fraction of sp³-hybridized carbons (Fsp3) is 0.190. The predicted molar refractivity (Wildman–Crippen MR) is 126 cm³/mol. The summed E-state index contributed by atoms with van der Waals surface area (Å²) in [4.78, 5) is 20.5. The minimum absolute atomic E-state index is 0.0571. The van der Waals surface area contributed by atoms with Crippen LogP contribution in [0.3, 0.4) is 0 Å². The SMILES string of the molecule is COc1cc(Nc2ncc(C(N)=O)c(Nc3ccccc3NCS(C)(=O)=O)n2)cc(OC)c1. The Morgan fingerprint density at radius 1 is 1.03 bits per heavy atom. The summed E-state index contributed by atoms with van der Waals surface area (Å²) in [6.07, 6.45) is 2.42. The van der Waals surface area contributed by atoms with Crippen LogP contribution in [0.4, 0.5) is 28.8 Å². The van der Waals surface area contributed by atoms with Crippen molar-refractivity contribution in [2.75, 3.05) is 42.3 Å². The van der Waals surface area contributed by atoms with Crippen LogP contribution >= 0.6 is 0 Å². The lowest BCUT2D eigenvalue weighted by Gasteiger charge is -2.15. The number of primary amides is 1. The molecule has 3 rings (SSSR count). The first kappa shape index (κ1) is 23.6. The van der Waals surface area contributed by atoms with Crippen LogP contribution in [0.15, 0.2) is 48.7 Å². The summed E-state index contributed by atoms with van der Waals surface area (Å²) in [5, 5.41) is 8.92. The van der Waals surface area contributed by atoms with E-state index in [-0.39, 0.29) is 23.2 Å². The fourth-order valence-corrected chi connectivity index (χ4v) is 3.23. The summed E-state index contributed by atoms with van der Waals surface area (Å²) >= 11 is 0. The third kappa shape index (κ3) is 6.46. The van der Waals surface area contributed by atoms with Crippen LogP contribution in [-0.4, -0.2) is 50.6 Å². The molecule has 0 unspecified atom stereocenters. The molecule has 5 N–H and O–H groups in total. The molecule has 0 bridgehead atoms. The third-order valence-corrected chi connectivity index (χ3v) is 5.04. The molecule has 0 aliphatic heterocycles. The van der Waals surface area contributed by atoms with Gasteiger partial charge in [-0.2, -0.15) is 4.98 Å². The number of nitrogens with one attached hydrogen (secondary N) is 3. The molecule has 0 saturated heterocycles. The molecule has 0 fully saturated rings. The van der Waals surface area contributed by atoms with E-state index in [9.17, 15) is 13.2 Å². The van der Waals surface area contributed by atoms with Crippen molar-refractivity contribution in [1.29, 1.82) is 0 Å². The van der Waals surface area contributed by atoms with Gasteiger partial charge in [0.2, 0.25) is 5.95 Å². The lowest BCUT2D eigenvalue weighted by Crippen LogP contribution is -2.17. The van der Waals surface area contributed by atoms with Crippen molar-refractivity contribution in [2.45, 2.75) is 0 Å². The zero-order valence-electron chi connectivity index (χ0n) is 18.2. The molecule has 11 nitrogen and oxygen atoms in total. The van der Waals surface area contributed by atoms with Crippen molar-refractivity contribution in [3.8, 4) is 11.5 Å². The molecule has 0 saturated carbocycles. The van der Waals surface area contributed by atoms with Crippen LogP contribution in [-0.2, 0) is 9.84 Å². The summed E-state index contributed by atoms with van der Waals surface area (Å²) in [6, 6.07) is 12.1. The highest BCUT2D eigenvalue weighted by molar-refractivity contribution is 7.90. The molecule has 0 aliphatic carbocycles. The number of hydrogen-bond acceptors (Lipinski definition) is 10. The van der Waals surface area contributed by atoms with E-state index in [2.05, 4.69) is 25.9 Å². The van der Waals surface area contributed by atoms with E-state index in [0.29, 0.717) is 28.6 Å². The summed E-state index contributed by atoms with van der Waals surface area (Å²) in [7, 11) is -0.184. The normalized spacial score (nSPS) is 10.9. The molecule has 12 heteroatoms. The highest BCUT2D eigenvalue weighted by Crippen LogP contribution is 2.29. The van der Waals surface area contributed by atoms with Crippen molar-refractivity contribution < 1.29 is 22.7 Å². The first-order valence-corrected chi connectivity index (χ1v) is 11.7. The summed E-state index contributed by atoms with van der Waals surface area (Å²) < 4.78 is 33.6. The number of nitrogens with two attached hydrogens (primary N) is 1. The van der Waals surface area contributed by atoms with E-state index in [1.54, 1.807) is 42.5 Å². The molecule has 1 aromatic heterocycles. The fourth-order valence-electron chi connectivity index (χ4n) is 2.81. The van der Waals surface area contributed by atoms with Crippen LogP contribution < -0.4 is 31.2 Å². The number of rotatable bonds is 10. The first-order chi connectivity index (χ1) is 15.7. The maximum atomic E-state index is 11.9. The number of hydrogen-bond donors (Lipinski definition) is 4. The number of anilines is 5. The van der Waals surface area contributed by atoms with E-state index in [1.165, 1.54) is 20.4 Å². The van der Waals surface area contributed by atoms with Crippen LogP contribution in [0, 0.1) is 0 Å². The van der Waals surface area contributed by atoms with Crippen molar-refractivity contribution >= 4 is 44.6 Å². The monoisotopic (exact) mass is 472 g/mol. The second-order valence-corrected chi connectivity index (χ2v) is 9.10. The Labute approximate surface area is 191 Å². The van der Waals surface area contributed by atoms with Crippen LogP contribution in [0.25, 0.3) is 0 Å². The average molecular weight is 473 g/mol. The maximum Gasteiger partial charge on any atom is 0.254 e. The molecule has 1 heterocycles. The first-order valence-electron chi connectivity index (χ1n) is 9.63. The Bertz CT molecular complexity index is 1240. The van der Waals surface area contributed by atoms with Crippen molar-refractivity contribution in [3.05, 3.63) is 54.2 Å². The Hall–Kier alpha value is -4.06. The second-order valence-electron chi connectivity index (χ2n) is 6.96. The number of amides is 1. The van der Waals surface area contributed by atoms with Gasteiger partial charge in [-0.25, -0.2) is 13.4 Å². The lowest BCUT2D eigenvalue weighted by molar-refractivity contribution is 0.100. The van der Waals surface area contributed by atoms with Gasteiger partial charge in [0.25, 0.3) is 5.91 Å². The van der Waals surface area contributed by atoms with Gasteiger partial charge in [0.15, 0.2) is 9.84 Å². The zero-order chi connectivity index (χ0) is 24.0. The number of sulfone groups is 1. The largest absolute Gasteiger partial charge is 0.497 e. The Kier molecular flexibility index (Phi) is 7.18. The minimum atomic E-state index is -3.26. The van der Waals surface area contributed by atoms with E-state index in [1.807, 2.05) is 0 Å². The van der Waals surface area contributed by atoms with E-state index in [4.69, 9.17) is 15.2 Å². The van der Waals surface area contributed by atoms with Crippen molar-refractivity contribution in [1.82, 2.24) is 9.97 Å². The quantitative estimate of drug-likeness (QED) is 0.345. The van der Waals surface area contributed by atoms with Gasteiger partial charge in [0, 0.05) is 36.3 Å². The molecule has 0 spiro atoms. The number of benzene rings is 2. The topological polar surface area (TPSA) is 158 Å². The predicted octanol–water partition coefficient (Wildman–Crippen LogP) is 2.49. The molecular weight excluding hydrogens is 448 g/mol. The number of methoxy groups -OCH3 is 2. The van der Waals surface area contributed by atoms with Gasteiger partial charge in [-0.1, -0.05) is 12.1 Å². The zero-order valence-corrected chi connectivity index (χ0v) is 19.1. The lowest BCUT2D eigenvalue weighted by atomic mass is 10.2. The number of carbonyl (C=O) groups is 1. The molecule has 0 radical (unpaired) electrons. The molecule has 0 atom stereocenters. The smallest absolute Gasteiger partial charge is 0.254 e. The molecule has 2 aromatic carbocycles. The van der Waals surface area contributed by atoms with E-state index >= 15 is 0 Å². The highest BCUT2D eigenvalue weighted by Gasteiger charge is 2.15. The van der Waals surface area contributed by atoms with Gasteiger partial charge < -0.3 is 31.2 Å². The number of carbonyl (C=O) groups excluding carboxylic acids is 1. The van der Waals surface area contributed by atoms with Gasteiger partial charge >= 0.3 is 0 Å². The van der Waals surface area contributed by atoms with Crippen molar-refractivity contribution in [2.24, 2.45) is 5.73 Å². The van der Waals surface area contributed by atoms with E-state index < -0.39 is 15.7 Å². The Morgan fingerprint density at radius 3 is 2.24 bits per heavy atom. The van der Waals surface area contributed by atoms with E-state index in [0.717, 1.165) is 6.26 Å². The highest BCUT2D eigenvalue weighted by atomic mass is 32.2. The van der Waals surface area contributed by atoms with Crippen LogP contribution in [0.1, 0.15) is 10.4 Å². The van der Waals surface area contributed by atoms with Gasteiger partial charge in [0.05, 0.1) is 25.6 Å². The number of aromatic nitrogens is 2. The van der Waals surface area contributed by atoms with Crippen LogP contribution in [0.2, 0.25) is 0 Å². The standard InChI is InChI=1S/C21H24N6O5S/c1-31-14-8-13(9-15(10-14)32-2)25-21-23-11-16(19(22)28)20(27-21)26-18-7-5-4-6-17(18)24-12-33(3,29)30/h4-11,24H,12H2,1-3H3,(H2,22,28)(H2,23,25,26,27). The molecule has 3 aromatic rings. The van der Waals surface area contributed by atoms with Gasteiger partial charge in [0.1, 0.15) is 28.8 Å². The summed E-state index contributed by atoms with van der Waals surface area (Å²) in [5.41, 5.74) is 7.15. The van der Waals surface area contributed by atoms with Crippen LogP contribution in [0.5, 0.6) is 11.5 Å². The number of para-hydroxylation sites is 2. The van der Waals surface area contributed by atoms with Gasteiger partial charge in [-0.05, 0) is 12.1 Å². The molecule has 174 valence electrons. The van der Waals surface area contributed by atoms with Gasteiger partial charge in [-0.3, -0.25) is 4.79 Å². The molecule has 33 heavy (non-hydrogen) atoms. The average Bonchev–Trinajstić information content (AvgIpc) is 2.77. The number of ether oxygens (including phenoxy) is 2. The molecule has 0 aliphatic rings.